The van der Waals surface area contributed by atoms with Gasteiger partial charge in [0, 0.05) is 11.4 Å². The summed E-state index contributed by atoms with van der Waals surface area (Å²) in [6.45, 7) is 1.58. The molecule has 1 atom stereocenters. The van der Waals surface area contributed by atoms with Gasteiger partial charge in [-0.05, 0) is 24.6 Å². The zero-order chi connectivity index (χ0) is 9.69. The fourth-order valence-electron chi connectivity index (χ4n) is 1.53. The molecule has 0 radical (unpaired) electrons. The van der Waals surface area contributed by atoms with Crippen LogP contribution >= 0.6 is 11.6 Å². The van der Waals surface area contributed by atoms with Gasteiger partial charge in [0.2, 0.25) is 0 Å². The zero-order valence-corrected chi connectivity index (χ0v) is 7.91. The van der Waals surface area contributed by atoms with E-state index in [9.17, 15) is 8.78 Å². The summed E-state index contributed by atoms with van der Waals surface area (Å²) < 4.78 is 25.9. The molecule has 1 unspecified atom stereocenters. The van der Waals surface area contributed by atoms with Gasteiger partial charge < -0.3 is 0 Å². The third kappa shape index (κ3) is 1.24. The predicted molar refractivity (Wildman–Crippen MR) is 48.4 cm³/mol. The largest absolute Gasteiger partial charge is 0.258 e. The summed E-state index contributed by atoms with van der Waals surface area (Å²) in [4.78, 5) is 0. The fourth-order valence-corrected chi connectivity index (χ4v) is 1.66. The summed E-state index contributed by atoms with van der Waals surface area (Å²) in [6, 6.07) is 6.64. The maximum Gasteiger partial charge on any atom is 0.258 e. The van der Waals surface area contributed by atoms with Crippen molar-refractivity contribution >= 4 is 11.6 Å². The maximum absolute atomic E-state index is 12.9. The van der Waals surface area contributed by atoms with E-state index in [1.165, 1.54) is 0 Å². The van der Waals surface area contributed by atoms with E-state index in [4.69, 9.17) is 11.6 Å². The third-order valence-corrected chi connectivity index (χ3v) is 2.99. The first kappa shape index (κ1) is 8.95. The Hall–Kier alpha value is -0.630. The second kappa shape index (κ2) is 2.44. The summed E-state index contributed by atoms with van der Waals surface area (Å²) in [6.07, 6.45) is -0.0539. The van der Waals surface area contributed by atoms with Gasteiger partial charge in [-0.3, -0.25) is 0 Å². The highest BCUT2D eigenvalue weighted by molar-refractivity contribution is 6.30. The van der Waals surface area contributed by atoms with Crippen LogP contribution in [0.2, 0.25) is 5.02 Å². The molecule has 3 heteroatoms. The molecule has 1 saturated carbocycles. The zero-order valence-electron chi connectivity index (χ0n) is 7.15. The normalized spacial score (nSPS) is 30.2. The van der Waals surface area contributed by atoms with E-state index in [0.29, 0.717) is 10.6 Å². The number of halogens is 3. The Bertz CT molecular complexity index is 331. The van der Waals surface area contributed by atoms with E-state index in [1.807, 2.05) is 0 Å². The van der Waals surface area contributed by atoms with Gasteiger partial charge in [0.1, 0.15) is 0 Å². The lowest BCUT2D eigenvalue weighted by atomic mass is 9.98. The molecule has 0 aliphatic heterocycles. The molecule has 13 heavy (non-hydrogen) atoms. The lowest BCUT2D eigenvalue weighted by Gasteiger charge is -2.09. The minimum atomic E-state index is -2.54. The molecule has 0 N–H and O–H groups in total. The van der Waals surface area contributed by atoms with Crippen molar-refractivity contribution in [3.63, 3.8) is 0 Å². The molecule has 1 fully saturated rings. The van der Waals surface area contributed by atoms with Gasteiger partial charge in [-0.1, -0.05) is 23.7 Å². The van der Waals surface area contributed by atoms with Gasteiger partial charge in [-0.25, -0.2) is 8.78 Å². The van der Waals surface area contributed by atoms with Gasteiger partial charge in [-0.2, -0.15) is 0 Å². The Balaban J connectivity index is 2.34. The molecule has 0 nitrogen and oxygen atoms in total. The van der Waals surface area contributed by atoms with Crippen LogP contribution in [0, 0.1) is 0 Å². The van der Waals surface area contributed by atoms with Crippen molar-refractivity contribution < 1.29 is 8.78 Å². The van der Waals surface area contributed by atoms with Crippen molar-refractivity contribution in [1.82, 2.24) is 0 Å². The van der Waals surface area contributed by atoms with E-state index in [0.717, 1.165) is 0 Å². The van der Waals surface area contributed by atoms with Gasteiger partial charge in [0.25, 0.3) is 5.92 Å². The third-order valence-electron chi connectivity index (χ3n) is 2.74. The molecule has 0 spiro atoms. The van der Waals surface area contributed by atoms with Crippen LogP contribution in [0.4, 0.5) is 8.78 Å². The van der Waals surface area contributed by atoms with Crippen molar-refractivity contribution in [2.75, 3.05) is 0 Å². The molecule has 0 amide bonds. The maximum atomic E-state index is 12.9. The van der Waals surface area contributed by atoms with Crippen LogP contribution in [0.25, 0.3) is 0 Å². The Morgan fingerprint density at radius 3 is 2.08 bits per heavy atom. The van der Waals surface area contributed by atoms with Crippen LogP contribution < -0.4 is 0 Å². The van der Waals surface area contributed by atoms with Crippen molar-refractivity contribution in [3.8, 4) is 0 Å². The molecule has 0 heterocycles. The van der Waals surface area contributed by atoms with Gasteiger partial charge in [0.05, 0.1) is 5.41 Å². The Labute approximate surface area is 80.5 Å². The Morgan fingerprint density at radius 2 is 1.69 bits per heavy atom. The van der Waals surface area contributed by atoms with Crippen LogP contribution in [0.15, 0.2) is 24.3 Å². The van der Waals surface area contributed by atoms with Crippen molar-refractivity contribution in [2.45, 2.75) is 24.7 Å². The second-order valence-corrected chi connectivity index (χ2v) is 4.16. The van der Waals surface area contributed by atoms with Gasteiger partial charge in [-0.15, -0.1) is 0 Å². The van der Waals surface area contributed by atoms with Crippen LogP contribution in [-0.2, 0) is 5.41 Å². The summed E-state index contributed by atoms with van der Waals surface area (Å²) in [5, 5.41) is 0.580. The first-order chi connectivity index (χ1) is 5.96. The highest BCUT2D eigenvalue weighted by Gasteiger charge is 2.68. The molecule has 0 bridgehead atoms. The smallest absolute Gasteiger partial charge is 0.206 e. The monoisotopic (exact) mass is 202 g/mol. The highest BCUT2D eigenvalue weighted by atomic mass is 35.5. The van der Waals surface area contributed by atoms with E-state index in [-0.39, 0.29) is 6.42 Å². The molecule has 1 aliphatic carbocycles. The van der Waals surface area contributed by atoms with Crippen LogP contribution in [0.3, 0.4) is 0 Å². The average molecular weight is 203 g/mol. The first-order valence-electron chi connectivity index (χ1n) is 4.10. The fraction of sp³-hybridized carbons (Fsp3) is 0.400. The molecular formula is C10H9ClF2. The van der Waals surface area contributed by atoms with Gasteiger partial charge in [0.15, 0.2) is 0 Å². The SMILES string of the molecule is CC1(c2ccc(Cl)cc2)CC1(F)F. The molecular weight excluding hydrogens is 194 g/mol. The predicted octanol–water partition coefficient (Wildman–Crippen LogP) is 3.64. The number of alkyl halides is 2. The molecule has 1 aliphatic rings. The lowest BCUT2D eigenvalue weighted by Crippen LogP contribution is -2.11. The van der Waals surface area contributed by atoms with E-state index < -0.39 is 11.3 Å². The topological polar surface area (TPSA) is 0 Å². The van der Waals surface area contributed by atoms with Crippen LogP contribution in [0.5, 0.6) is 0 Å². The quantitative estimate of drug-likeness (QED) is 0.652. The summed E-state index contributed by atoms with van der Waals surface area (Å²) >= 11 is 5.67. The second-order valence-electron chi connectivity index (χ2n) is 3.72. The number of benzene rings is 1. The van der Waals surface area contributed by atoms with E-state index >= 15 is 0 Å². The van der Waals surface area contributed by atoms with Crippen molar-refractivity contribution in [3.05, 3.63) is 34.9 Å². The van der Waals surface area contributed by atoms with E-state index in [2.05, 4.69) is 0 Å². The summed E-state index contributed by atoms with van der Waals surface area (Å²) in [7, 11) is 0. The lowest BCUT2D eigenvalue weighted by molar-refractivity contribution is 0.0920. The number of hydrogen-bond donors (Lipinski definition) is 0. The number of hydrogen-bond acceptors (Lipinski definition) is 0. The molecule has 0 aromatic heterocycles. The first-order valence-corrected chi connectivity index (χ1v) is 4.47. The minimum Gasteiger partial charge on any atom is -0.206 e. The van der Waals surface area contributed by atoms with Crippen molar-refractivity contribution in [1.29, 1.82) is 0 Å². The molecule has 70 valence electrons. The average Bonchev–Trinajstić information content (AvgIpc) is 2.53. The molecule has 2 rings (SSSR count). The van der Waals surface area contributed by atoms with Gasteiger partial charge >= 0.3 is 0 Å². The van der Waals surface area contributed by atoms with Crippen LogP contribution in [0.1, 0.15) is 18.9 Å². The van der Waals surface area contributed by atoms with Crippen molar-refractivity contribution in [2.24, 2.45) is 0 Å². The molecule has 1 aromatic carbocycles. The Morgan fingerprint density at radius 1 is 1.23 bits per heavy atom. The summed E-state index contributed by atoms with van der Waals surface area (Å²) in [5.74, 6) is -2.54. The Kier molecular flexibility index (Phi) is 1.68. The van der Waals surface area contributed by atoms with Crippen LogP contribution in [-0.4, -0.2) is 5.92 Å². The number of rotatable bonds is 1. The highest BCUT2D eigenvalue weighted by Crippen LogP contribution is 2.61. The summed E-state index contributed by atoms with van der Waals surface area (Å²) in [5.41, 5.74) is -0.292. The molecule has 1 aromatic rings. The molecule has 0 saturated heterocycles. The standard InChI is InChI=1S/C10H9ClF2/c1-9(6-10(9,12)13)7-2-4-8(11)5-3-7/h2-5H,6H2,1H3. The minimum absolute atomic E-state index is 0.0539. The van der Waals surface area contributed by atoms with E-state index in [1.54, 1.807) is 31.2 Å².